The van der Waals surface area contributed by atoms with Gasteiger partial charge in [0.1, 0.15) is 0 Å². The van der Waals surface area contributed by atoms with E-state index in [1.54, 1.807) is 0 Å². The zero-order valence-electron chi connectivity index (χ0n) is 8.29. The molecule has 0 aliphatic rings. The van der Waals surface area contributed by atoms with Crippen LogP contribution in [-0.2, 0) is 4.57 Å². The van der Waals surface area contributed by atoms with Gasteiger partial charge in [0.2, 0.25) is 7.44 Å². The van der Waals surface area contributed by atoms with E-state index in [9.17, 15) is 4.57 Å². The van der Waals surface area contributed by atoms with Crippen LogP contribution in [0.1, 0.15) is 27.7 Å². The van der Waals surface area contributed by atoms with Crippen molar-refractivity contribution in [3.8, 4) is 0 Å². The summed E-state index contributed by atoms with van der Waals surface area (Å²) >= 11 is 0. The summed E-state index contributed by atoms with van der Waals surface area (Å²) in [5.41, 5.74) is 5.42. The second-order valence-electron chi connectivity index (χ2n) is 3.49. The number of nitrogens with one attached hydrogen (secondary N) is 2. The summed E-state index contributed by atoms with van der Waals surface area (Å²) in [5.74, 6) is 0. The fourth-order valence-corrected chi connectivity index (χ4v) is 2.93. The van der Waals surface area contributed by atoms with Crippen LogP contribution in [0.4, 0.5) is 0 Å². The monoisotopic (exact) mass is 193 g/mol. The Balaban J connectivity index is 4.15. The smallest absolute Gasteiger partial charge is 0.224 e. The predicted molar refractivity (Wildman–Crippen MR) is 53.2 cm³/mol. The summed E-state index contributed by atoms with van der Waals surface area (Å²) in [5, 5.41) is 5.91. The van der Waals surface area contributed by atoms with Gasteiger partial charge in [0, 0.05) is 12.1 Å². The van der Waals surface area contributed by atoms with Gasteiger partial charge in [-0.05, 0) is 27.7 Å². The van der Waals surface area contributed by atoms with Crippen LogP contribution in [0.5, 0.6) is 0 Å². The summed E-state index contributed by atoms with van der Waals surface area (Å²) in [7, 11) is -2.53. The van der Waals surface area contributed by atoms with E-state index in [-0.39, 0.29) is 18.4 Å². The highest BCUT2D eigenvalue weighted by atomic mass is 31.2. The Morgan fingerprint density at radius 1 is 1.17 bits per heavy atom. The molecule has 0 saturated carbocycles. The second kappa shape index (κ2) is 4.97. The maximum atomic E-state index is 11.9. The lowest BCUT2D eigenvalue weighted by Crippen LogP contribution is -2.34. The molecule has 0 radical (unpaired) electrons. The largest absolute Gasteiger partial charge is 0.322 e. The zero-order valence-corrected chi connectivity index (χ0v) is 9.19. The first-order chi connectivity index (χ1) is 5.39. The summed E-state index contributed by atoms with van der Waals surface area (Å²) in [6.07, 6.45) is 0.156. The third-order valence-corrected chi connectivity index (χ3v) is 3.57. The molecule has 0 saturated heterocycles. The van der Waals surface area contributed by atoms with Gasteiger partial charge in [-0.3, -0.25) is 14.7 Å². The van der Waals surface area contributed by atoms with Crippen LogP contribution in [0.25, 0.3) is 0 Å². The van der Waals surface area contributed by atoms with Crippen molar-refractivity contribution in [3.63, 3.8) is 0 Å². The maximum absolute atomic E-state index is 11.9. The SMILES string of the molecule is CC(C)NP(=O)(CN)NC(C)C. The average Bonchev–Trinajstić information content (AvgIpc) is 1.83. The van der Waals surface area contributed by atoms with Gasteiger partial charge in [-0.25, -0.2) is 0 Å². The van der Waals surface area contributed by atoms with E-state index in [0.717, 1.165) is 0 Å². The van der Waals surface area contributed by atoms with Gasteiger partial charge in [-0.1, -0.05) is 0 Å². The predicted octanol–water partition coefficient (Wildman–Crippen LogP) is 1.09. The first-order valence-electron chi connectivity index (χ1n) is 4.24. The van der Waals surface area contributed by atoms with Crippen molar-refractivity contribution >= 4 is 7.44 Å². The van der Waals surface area contributed by atoms with Crippen LogP contribution in [-0.4, -0.2) is 18.4 Å². The van der Waals surface area contributed by atoms with Crippen LogP contribution in [0.2, 0.25) is 0 Å². The van der Waals surface area contributed by atoms with Gasteiger partial charge in [-0.2, -0.15) is 0 Å². The highest BCUT2D eigenvalue weighted by Gasteiger charge is 2.20. The van der Waals surface area contributed by atoms with Gasteiger partial charge < -0.3 is 5.73 Å². The molecule has 0 aromatic rings. The molecule has 0 heterocycles. The number of nitrogens with two attached hydrogens (primary N) is 1. The van der Waals surface area contributed by atoms with Gasteiger partial charge in [0.15, 0.2) is 0 Å². The van der Waals surface area contributed by atoms with E-state index in [4.69, 9.17) is 5.73 Å². The van der Waals surface area contributed by atoms with Crippen LogP contribution < -0.4 is 15.9 Å². The minimum Gasteiger partial charge on any atom is -0.322 e. The molecule has 5 heteroatoms. The van der Waals surface area contributed by atoms with Crippen LogP contribution in [0.3, 0.4) is 0 Å². The van der Waals surface area contributed by atoms with Crippen molar-refractivity contribution in [1.29, 1.82) is 0 Å². The van der Waals surface area contributed by atoms with Crippen molar-refractivity contribution in [2.24, 2.45) is 5.73 Å². The molecular weight excluding hydrogens is 173 g/mol. The van der Waals surface area contributed by atoms with E-state index in [1.807, 2.05) is 27.7 Å². The third kappa shape index (κ3) is 4.88. The van der Waals surface area contributed by atoms with E-state index >= 15 is 0 Å². The van der Waals surface area contributed by atoms with Crippen molar-refractivity contribution in [1.82, 2.24) is 10.2 Å². The molecule has 4 nitrogen and oxygen atoms in total. The van der Waals surface area contributed by atoms with E-state index < -0.39 is 7.44 Å². The Hall–Kier alpha value is 0.110. The average molecular weight is 193 g/mol. The van der Waals surface area contributed by atoms with Gasteiger partial charge >= 0.3 is 0 Å². The first-order valence-corrected chi connectivity index (χ1v) is 6.13. The maximum Gasteiger partial charge on any atom is 0.224 e. The summed E-state index contributed by atoms with van der Waals surface area (Å²) < 4.78 is 11.9. The Bertz CT molecular complexity index is 156. The molecular formula is C7H20N3OP. The normalized spacial score (nSPS) is 12.9. The van der Waals surface area contributed by atoms with Crippen LogP contribution >= 0.6 is 7.44 Å². The third-order valence-electron chi connectivity index (χ3n) is 1.19. The highest BCUT2D eigenvalue weighted by Crippen LogP contribution is 2.34. The quantitative estimate of drug-likeness (QED) is 0.572. The Kier molecular flexibility index (Phi) is 5.02. The van der Waals surface area contributed by atoms with Crippen LogP contribution in [0.15, 0.2) is 0 Å². The highest BCUT2D eigenvalue weighted by molar-refractivity contribution is 7.59. The van der Waals surface area contributed by atoms with E-state index in [2.05, 4.69) is 10.2 Å². The lowest BCUT2D eigenvalue weighted by atomic mass is 10.4. The molecule has 0 aliphatic heterocycles. The Labute approximate surface area is 74.8 Å². The minimum atomic E-state index is -2.53. The Morgan fingerprint density at radius 2 is 1.50 bits per heavy atom. The van der Waals surface area contributed by atoms with Crippen molar-refractivity contribution in [2.75, 3.05) is 6.29 Å². The molecule has 4 N–H and O–H groups in total. The summed E-state index contributed by atoms with van der Waals surface area (Å²) in [4.78, 5) is 0. The molecule has 74 valence electrons. The number of hydrogen-bond donors (Lipinski definition) is 3. The summed E-state index contributed by atoms with van der Waals surface area (Å²) in [6.45, 7) is 7.79. The molecule has 0 amide bonds. The molecule has 0 bridgehead atoms. The zero-order chi connectivity index (χ0) is 9.78. The summed E-state index contributed by atoms with van der Waals surface area (Å²) in [6, 6.07) is 0.372. The van der Waals surface area contributed by atoms with E-state index in [0.29, 0.717) is 0 Å². The van der Waals surface area contributed by atoms with Crippen molar-refractivity contribution in [3.05, 3.63) is 0 Å². The molecule has 0 rings (SSSR count). The molecule has 12 heavy (non-hydrogen) atoms. The molecule has 0 atom stereocenters. The lowest BCUT2D eigenvalue weighted by Gasteiger charge is -2.23. The molecule has 0 fully saturated rings. The lowest BCUT2D eigenvalue weighted by molar-refractivity contribution is 0.534. The molecule has 0 aromatic heterocycles. The molecule has 0 spiro atoms. The fraction of sp³-hybridized carbons (Fsp3) is 1.00. The van der Waals surface area contributed by atoms with Gasteiger partial charge in [0.25, 0.3) is 0 Å². The van der Waals surface area contributed by atoms with Gasteiger partial charge in [-0.15, -0.1) is 0 Å². The standard InChI is InChI=1S/C7H20N3OP/c1-6(2)9-12(11,5-8)10-7(3)4/h6-7H,5,8H2,1-4H3,(H2,9,10,11). The second-order valence-corrected chi connectivity index (χ2v) is 5.85. The molecule has 0 unspecified atom stereocenters. The fourth-order valence-electron chi connectivity index (χ4n) is 0.977. The van der Waals surface area contributed by atoms with Gasteiger partial charge in [0.05, 0.1) is 6.29 Å². The Morgan fingerprint density at radius 3 is 1.67 bits per heavy atom. The van der Waals surface area contributed by atoms with E-state index in [1.165, 1.54) is 0 Å². The van der Waals surface area contributed by atoms with Crippen molar-refractivity contribution in [2.45, 2.75) is 39.8 Å². The molecule has 0 aliphatic carbocycles. The van der Waals surface area contributed by atoms with Crippen LogP contribution in [0, 0.1) is 0 Å². The number of rotatable bonds is 5. The topological polar surface area (TPSA) is 67.2 Å². The molecule has 0 aromatic carbocycles. The number of hydrogen-bond acceptors (Lipinski definition) is 2. The first kappa shape index (κ1) is 12.1. The minimum absolute atomic E-state index is 0.156. The van der Waals surface area contributed by atoms with Crippen molar-refractivity contribution < 1.29 is 4.57 Å².